The van der Waals surface area contributed by atoms with Crippen molar-refractivity contribution in [2.75, 3.05) is 7.05 Å². The van der Waals surface area contributed by atoms with Gasteiger partial charge in [-0.05, 0) is 25.8 Å². The number of carbonyl (C=O) groups is 1. The second kappa shape index (κ2) is 6.40. The molecule has 0 spiro atoms. The zero-order chi connectivity index (χ0) is 12.8. The van der Waals surface area contributed by atoms with Gasteiger partial charge in [0.2, 0.25) is 5.91 Å². The van der Waals surface area contributed by atoms with E-state index in [0.717, 1.165) is 5.56 Å². The Hall–Kier alpha value is -1.35. The highest BCUT2D eigenvalue weighted by Crippen LogP contribution is 2.19. The fourth-order valence-corrected chi connectivity index (χ4v) is 1.68. The molecule has 2 unspecified atom stereocenters. The van der Waals surface area contributed by atoms with Crippen molar-refractivity contribution < 1.29 is 9.90 Å². The molecule has 17 heavy (non-hydrogen) atoms. The van der Waals surface area contributed by atoms with Gasteiger partial charge >= 0.3 is 0 Å². The summed E-state index contributed by atoms with van der Waals surface area (Å²) in [6.07, 6.45) is 0.495. The van der Waals surface area contributed by atoms with Gasteiger partial charge in [-0.15, -0.1) is 0 Å². The molecule has 0 aliphatic carbocycles. The maximum absolute atomic E-state index is 11.9. The Balaban J connectivity index is 2.57. The summed E-state index contributed by atoms with van der Waals surface area (Å²) in [6.45, 7) is 3.71. The van der Waals surface area contributed by atoms with Gasteiger partial charge in [-0.1, -0.05) is 30.3 Å². The minimum atomic E-state index is -0.417. The third-order valence-electron chi connectivity index (χ3n) is 3.03. The van der Waals surface area contributed by atoms with Gasteiger partial charge in [0.15, 0.2) is 0 Å². The van der Waals surface area contributed by atoms with Crippen LogP contribution in [0.5, 0.6) is 0 Å². The third-order valence-corrected chi connectivity index (χ3v) is 3.03. The summed E-state index contributed by atoms with van der Waals surface area (Å²) in [7, 11) is 1.81. The van der Waals surface area contributed by atoms with Crippen LogP contribution in [0.15, 0.2) is 30.3 Å². The van der Waals surface area contributed by atoms with E-state index in [9.17, 15) is 4.79 Å². The summed E-state index contributed by atoms with van der Waals surface area (Å²) >= 11 is 0. The van der Waals surface area contributed by atoms with Crippen molar-refractivity contribution in [3.05, 3.63) is 35.9 Å². The number of rotatable bonds is 5. The van der Waals surface area contributed by atoms with Crippen LogP contribution in [-0.4, -0.2) is 29.1 Å². The average molecular weight is 235 g/mol. The van der Waals surface area contributed by atoms with E-state index >= 15 is 0 Å². The summed E-state index contributed by atoms with van der Waals surface area (Å²) in [5.74, 6) is 0.0715. The van der Waals surface area contributed by atoms with Crippen LogP contribution in [0.3, 0.4) is 0 Å². The Morgan fingerprint density at radius 1 is 1.29 bits per heavy atom. The molecule has 0 aliphatic rings. The van der Waals surface area contributed by atoms with E-state index in [-0.39, 0.29) is 11.9 Å². The largest absolute Gasteiger partial charge is 0.393 e. The van der Waals surface area contributed by atoms with Crippen molar-refractivity contribution in [2.45, 2.75) is 38.8 Å². The van der Waals surface area contributed by atoms with Gasteiger partial charge in [0.1, 0.15) is 0 Å². The van der Waals surface area contributed by atoms with E-state index in [1.807, 2.05) is 44.3 Å². The van der Waals surface area contributed by atoms with Gasteiger partial charge in [-0.3, -0.25) is 4.79 Å². The van der Waals surface area contributed by atoms with Crippen molar-refractivity contribution in [1.82, 2.24) is 4.90 Å². The molecule has 1 rings (SSSR count). The van der Waals surface area contributed by atoms with Crippen LogP contribution in [0.2, 0.25) is 0 Å². The minimum absolute atomic E-state index is 0.0673. The van der Waals surface area contributed by atoms with Crippen molar-refractivity contribution in [3.63, 3.8) is 0 Å². The fraction of sp³-hybridized carbons (Fsp3) is 0.500. The maximum atomic E-state index is 11.9. The van der Waals surface area contributed by atoms with Crippen LogP contribution in [0.4, 0.5) is 0 Å². The van der Waals surface area contributed by atoms with Crippen LogP contribution in [-0.2, 0) is 4.79 Å². The Labute approximate surface area is 103 Å². The summed E-state index contributed by atoms with van der Waals surface area (Å²) in [6, 6.07) is 10.0. The Kier molecular flexibility index (Phi) is 5.16. The van der Waals surface area contributed by atoms with Crippen LogP contribution in [0.1, 0.15) is 38.3 Å². The molecule has 0 saturated heterocycles. The number of amides is 1. The molecule has 0 aromatic heterocycles. The first-order valence-electron chi connectivity index (χ1n) is 6.01. The predicted molar refractivity (Wildman–Crippen MR) is 68.5 cm³/mol. The lowest BCUT2D eigenvalue weighted by Crippen LogP contribution is -2.30. The lowest BCUT2D eigenvalue weighted by atomic mass is 10.1. The highest BCUT2D eigenvalue weighted by molar-refractivity contribution is 5.76. The molecule has 3 heteroatoms. The van der Waals surface area contributed by atoms with Crippen molar-refractivity contribution in [1.29, 1.82) is 0 Å². The highest BCUT2D eigenvalue weighted by Gasteiger charge is 2.17. The molecule has 0 aliphatic heterocycles. The van der Waals surface area contributed by atoms with E-state index in [1.54, 1.807) is 11.8 Å². The van der Waals surface area contributed by atoms with Gasteiger partial charge in [-0.2, -0.15) is 0 Å². The molecule has 0 saturated carbocycles. The second-order valence-corrected chi connectivity index (χ2v) is 4.48. The summed E-state index contributed by atoms with van der Waals surface area (Å²) in [5, 5.41) is 9.17. The van der Waals surface area contributed by atoms with E-state index in [1.165, 1.54) is 0 Å². The number of aliphatic hydroxyl groups is 1. The normalized spacial score (nSPS) is 14.1. The fourth-order valence-electron chi connectivity index (χ4n) is 1.68. The smallest absolute Gasteiger partial charge is 0.222 e. The molecule has 0 bridgehead atoms. The van der Waals surface area contributed by atoms with Crippen LogP contribution in [0, 0.1) is 0 Å². The summed E-state index contributed by atoms with van der Waals surface area (Å²) < 4.78 is 0. The number of carbonyl (C=O) groups excluding carboxylic acids is 1. The maximum Gasteiger partial charge on any atom is 0.222 e. The zero-order valence-electron chi connectivity index (χ0n) is 10.8. The van der Waals surface area contributed by atoms with E-state index in [2.05, 4.69) is 0 Å². The molecule has 0 heterocycles. The van der Waals surface area contributed by atoms with Gasteiger partial charge < -0.3 is 10.0 Å². The first-order valence-corrected chi connectivity index (χ1v) is 6.01. The van der Waals surface area contributed by atoms with E-state index < -0.39 is 6.10 Å². The minimum Gasteiger partial charge on any atom is -0.393 e. The molecular formula is C14H21NO2. The molecule has 0 fully saturated rings. The molecule has 1 amide bonds. The first-order chi connectivity index (χ1) is 8.02. The number of nitrogens with zero attached hydrogens (tertiary/aromatic N) is 1. The zero-order valence-corrected chi connectivity index (χ0v) is 10.8. The highest BCUT2D eigenvalue weighted by atomic mass is 16.3. The van der Waals surface area contributed by atoms with Crippen molar-refractivity contribution >= 4 is 5.91 Å². The van der Waals surface area contributed by atoms with Crippen LogP contribution in [0.25, 0.3) is 0 Å². The molecule has 1 aromatic rings. The molecule has 2 atom stereocenters. The summed E-state index contributed by atoms with van der Waals surface area (Å²) in [5.41, 5.74) is 1.13. The van der Waals surface area contributed by atoms with Crippen LogP contribution < -0.4 is 0 Å². The lowest BCUT2D eigenvalue weighted by Gasteiger charge is -2.25. The number of hydrogen-bond acceptors (Lipinski definition) is 2. The van der Waals surface area contributed by atoms with E-state index in [0.29, 0.717) is 12.8 Å². The molecule has 1 N–H and O–H groups in total. The topological polar surface area (TPSA) is 40.5 Å². The summed E-state index contributed by atoms with van der Waals surface area (Å²) in [4.78, 5) is 13.6. The van der Waals surface area contributed by atoms with Gasteiger partial charge in [0.25, 0.3) is 0 Å². The Bertz CT molecular complexity index is 348. The SMILES string of the molecule is CC(O)CCC(=O)N(C)C(C)c1ccccc1. The molecule has 3 nitrogen and oxygen atoms in total. The standard InChI is InChI=1S/C14H21NO2/c1-11(16)9-10-14(17)15(3)12(2)13-7-5-4-6-8-13/h4-8,11-12,16H,9-10H2,1-3H3. The van der Waals surface area contributed by atoms with Gasteiger partial charge in [0.05, 0.1) is 12.1 Å². The van der Waals surface area contributed by atoms with Gasteiger partial charge in [-0.25, -0.2) is 0 Å². The van der Waals surface area contributed by atoms with Gasteiger partial charge in [0, 0.05) is 13.5 Å². The van der Waals surface area contributed by atoms with Crippen molar-refractivity contribution in [2.24, 2.45) is 0 Å². The quantitative estimate of drug-likeness (QED) is 0.851. The molecule has 1 aromatic carbocycles. The number of benzene rings is 1. The average Bonchev–Trinajstić information content (AvgIpc) is 2.35. The number of hydrogen-bond donors (Lipinski definition) is 1. The molecule has 94 valence electrons. The first kappa shape index (κ1) is 13.7. The molecular weight excluding hydrogens is 214 g/mol. The van der Waals surface area contributed by atoms with Crippen molar-refractivity contribution in [3.8, 4) is 0 Å². The second-order valence-electron chi connectivity index (χ2n) is 4.48. The monoisotopic (exact) mass is 235 g/mol. The predicted octanol–water partition coefficient (Wildman–Crippen LogP) is 2.37. The third kappa shape index (κ3) is 4.19. The Morgan fingerprint density at radius 2 is 1.88 bits per heavy atom. The van der Waals surface area contributed by atoms with Crippen LogP contribution >= 0.6 is 0 Å². The van der Waals surface area contributed by atoms with E-state index in [4.69, 9.17) is 5.11 Å². The lowest BCUT2D eigenvalue weighted by molar-refractivity contribution is -0.132. The number of aliphatic hydroxyl groups excluding tert-OH is 1. The molecule has 0 radical (unpaired) electrons. The Morgan fingerprint density at radius 3 is 2.41 bits per heavy atom.